The maximum absolute atomic E-state index is 12.2. The van der Waals surface area contributed by atoms with Gasteiger partial charge in [-0.2, -0.15) is 0 Å². The number of benzene rings is 1. The molecule has 2 rings (SSSR count). The Balaban J connectivity index is 2.01. The van der Waals surface area contributed by atoms with E-state index in [4.69, 9.17) is 4.74 Å². The molecule has 1 unspecified atom stereocenters. The van der Waals surface area contributed by atoms with Crippen LogP contribution in [0.15, 0.2) is 42.7 Å². The van der Waals surface area contributed by atoms with Gasteiger partial charge in [0.1, 0.15) is 5.75 Å². The second-order valence-electron chi connectivity index (χ2n) is 4.89. The van der Waals surface area contributed by atoms with Crippen LogP contribution in [-0.4, -0.2) is 29.7 Å². The van der Waals surface area contributed by atoms with E-state index in [2.05, 4.69) is 10.3 Å². The molecule has 0 saturated heterocycles. The lowest BCUT2D eigenvalue weighted by Crippen LogP contribution is -2.29. The van der Waals surface area contributed by atoms with Gasteiger partial charge in [-0.15, -0.1) is 0 Å². The number of aromatic nitrogens is 1. The molecular formula is C17H20N2O3. The Morgan fingerprint density at radius 3 is 2.95 bits per heavy atom. The number of nitrogens with zero attached hydrogens (tertiary/aromatic N) is 1. The summed E-state index contributed by atoms with van der Waals surface area (Å²) in [6, 6.07) is 8.84. The van der Waals surface area contributed by atoms with Gasteiger partial charge in [0.2, 0.25) is 0 Å². The highest BCUT2D eigenvalue weighted by atomic mass is 16.5. The fourth-order valence-electron chi connectivity index (χ4n) is 2.18. The van der Waals surface area contributed by atoms with Gasteiger partial charge in [0, 0.05) is 24.5 Å². The maximum atomic E-state index is 12.2. The number of ether oxygens (including phenoxy) is 1. The number of hydrogen-bond donors (Lipinski definition) is 2. The van der Waals surface area contributed by atoms with Crippen molar-refractivity contribution in [1.29, 1.82) is 0 Å². The molecule has 1 atom stereocenters. The van der Waals surface area contributed by atoms with Crippen LogP contribution in [0.5, 0.6) is 5.75 Å². The molecule has 0 fully saturated rings. The summed E-state index contributed by atoms with van der Waals surface area (Å²) in [5, 5.41) is 12.9. The molecule has 2 N–H and O–H groups in total. The Kier molecular flexibility index (Phi) is 5.49. The van der Waals surface area contributed by atoms with Crippen LogP contribution in [0.4, 0.5) is 0 Å². The van der Waals surface area contributed by atoms with Gasteiger partial charge in [-0.3, -0.25) is 9.78 Å². The predicted molar refractivity (Wildman–Crippen MR) is 83.9 cm³/mol. The molecule has 1 aromatic heterocycles. The first-order valence-electron chi connectivity index (χ1n) is 7.18. The van der Waals surface area contributed by atoms with Crippen LogP contribution in [0.25, 0.3) is 0 Å². The number of aliphatic hydroxyl groups excluding tert-OH is 1. The number of hydrogen-bond acceptors (Lipinski definition) is 4. The van der Waals surface area contributed by atoms with Crippen molar-refractivity contribution >= 4 is 5.91 Å². The summed E-state index contributed by atoms with van der Waals surface area (Å²) in [5.74, 6) is 0.464. The zero-order valence-electron chi connectivity index (χ0n) is 12.7. The summed E-state index contributed by atoms with van der Waals surface area (Å²) in [7, 11) is 1.57. The molecule has 5 heteroatoms. The van der Waals surface area contributed by atoms with E-state index in [1.807, 2.05) is 6.92 Å². The van der Waals surface area contributed by atoms with E-state index in [9.17, 15) is 9.90 Å². The van der Waals surface area contributed by atoms with Crippen LogP contribution in [-0.2, 0) is 6.42 Å². The molecule has 5 nitrogen and oxygen atoms in total. The van der Waals surface area contributed by atoms with Gasteiger partial charge in [-0.25, -0.2) is 0 Å². The minimum absolute atomic E-state index is 0.136. The second-order valence-corrected chi connectivity index (χ2v) is 4.89. The van der Waals surface area contributed by atoms with Gasteiger partial charge < -0.3 is 15.2 Å². The Morgan fingerprint density at radius 2 is 2.23 bits per heavy atom. The first kappa shape index (κ1) is 16.0. The number of aliphatic hydroxyl groups is 1. The Bertz CT molecular complexity index is 643. The monoisotopic (exact) mass is 300 g/mol. The number of nitrogens with one attached hydrogen (secondary N) is 1. The Labute approximate surface area is 130 Å². The van der Waals surface area contributed by atoms with Crippen molar-refractivity contribution < 1.29 is 14.6 Å². The molecule has 0 saturated carbocycles. The van der Waals surface area contributed by atoms with Crippen LogP contribution in [0.3, 0.4) is 0 Å². The Hall–Kier alpha value is -2.40. The maximum Gasteiger partial charge on any atom is 0.251 e. The highest BCUT2D eigenvalue weighted by molar-refractivity contribution is 5.95. The standard InChI is InChI=1S/C17H20N2O3/c1-3-12-10-18-8-7-15(12)17(21)19-11-16(20)13-5-4-6-14(9-13)22-2/h4-10,16,20H,3,11H2,1-2H3,(H,19,21). The number of aryl methyl sites for hydroxylation is 1. The van der Waals surface area contributed by atoms with Gasteiger partial charge in [0.05, 0.1) is 13.2 Å². The van der Waals surface area contributed by atoms with Gasteiger partial charge in [-0.1, -0.05) is 19.1 Å². The van der Waals surface area contributed by atoms with Crippen molar-refractivity contribution in [3.8, 4) is 5.75 Å². The third-order valence-corrected chi connectivity index (χ3v) is 3.46. The largest absolute Gasteiger partial charge is 0.497 e. The molecule has 22 heavy (non-hydrogen) atoms. The molecule has 116 valence electrons. The first-order chi connectivity index (χ1) is 10.7. The van der Waals surface area contributed by atoms with E-state index in [1.165, 1.54) is 0 Å². The molecule has 0 radical (unpaired) electrons. The smallest absolute Gasteiger partial charge is 0.251 e. The van der Waals surface area contributed by atoms with Crippen LogP contribution < -0.4 is 10.1 Å². The van der Waals surface area contributed by atoms with E-state index in [1.54, 1.807) is 49.8 Å². The molecular weight excluding hydrogens is 280 g/mol. The minimum atomic E-state index is -0.786. The lowest BCUT2D eigenvalue weighted by atomic mass is 10.1. The van der Waals surface area contributed by atoms with Crippen molar-refractivity contribution in [3.05, 3.63) is 59.4 Å². The summed E-state index contributed by atoms with van der Waals surface area (Å²) < 4.78 is 5.12. The van der Waals surface area contributed by atoms with Gasteiger partial charge in [0.15, 0.2) is 0 Å². The third-order valence-electron chi connectivity index (χ3n) is 3.46. The van der Waals surface area contributed by atoms with E-state index >= 15 is 0 Å². The highest BCUT2D eigenvalue weighted by Crippen LogP contribution is 2.18. The summed E-state index contributed by atoms with van der Waals surface area (Å²) in [6.45, 7) is 2.11. The first-order valence-corrected chi connectivity index (χ1v) is 7.18. The number of methoxy groups -OCH3 is 1. The fourth-order valence-corrected chi connectivity index (χ4v) is 2.18. The van der Waals surface area contributed by atoms with Gasteiger partial charge in [0.25, 0.3) is 5.91 Å². The zero-order valence-corrected chi connectivity index (χ0v) is 12.7. The number of pyridine rings is 1. The lowest BCUT2D eigenvalue weighted by Gasteiger charge is -2.14. The summed E-state index contributed by atoms with van der Waals surface area (Å²) in [6.07, 6.45) is 3.22. The summed E-state index contributed by atoms with van der Waals surface area (Å²) >= 11 is 0. The van der Waals surface area contributed by atoms with Crippen LogP contribution in [0, 0.1) is 0 Å². The van der Waals surface area contributed by atoms with Crippen molar-refractivity contribution in [2.75, 3.05) is 13.7 Å². The van der Waals surface area contributed by atoms with Crippen LogP contribution >= 0.6 is 0 Å². The topological polar surface area (TPSA) is 71.5 Å². The molecule has 0 bridgehead atoms. The number of amides is 1. The van der Waals surface area contributed by atoms with Gasteiger partial charge in [-0.05, 0) is 35.7 Å². The SMILES string of the molecule is CCc1cnccc1C(=O)NCC(O)c1cccc(OC)c1. The summed E-state index contributed by atoms with van der Waals surface area (Å²) in [4.78, 5) is 16.2. The van der Waals surface area contributed by atoms with E-state index < -0.39 is 6.10 Å². The molecule has 0 aliphatic rings. The molecule has 0 aliphatic carbocycles. The zero-order chi connectivity index (χ0) is 15.9. The third kappa shape index (κ3) is 3.83. The average Bonchev–Trinajstić information content (AvgIpc) is 2.59. The lowest BCUT2D eigenvalue weighted by molar-refractivity contribution is 0.0915. The van der Waals surface area contributed by atoms with Gasteiger partial charge >= 0.3 is 0 Å². The fraction of sp³-hybridized carbons (Fsp3) is 0.294. The molecule has 1 aromatic carbocycles. The Morgan fingerprint density at radius 1 is 1.41 bits per heavy atom. The predicted octanol–water partition coefficient (Wildman–Crippen LogP) is 2.12. The second kappa shape index (κ2) is 7.56. The number of carbonyl (C=O) groups is 1. The summed E-state index contributed by atoms with van der Waals surface area (Å²) in [5.41, 5.74) is 2.18. The number of carbonyl (C=O) groups excluding carboxylic acids is 1. The molecule has 2 aromatic rings. The number of rotatable bonds is 6. The average molecular weight is 300 g/mol. The van der Waals surface area contributed by atoms with E-state index in [0.717, 1.165) is 12.0 Å². The van der Waals surface area contributed by atoms with Crippen LogP contribution in [0.1, 0.15) is 34.5 Å². The highest BCUT2D eigenvalue weighted by Gasteiger charge is 2.13. The molecule has 0 aliphatic heterocycles. The molecule has 1 heterocycles. The minimum Gasteiger partial charge on any atom is -0.497 e. The van der Waals surface area contributed by atoms with Crippen molar-refractivity contribution in [2.24, 2.45) is 0 Å². The normalized spacial score (nSPS) is 11.8. The molecule has 0 spiro atoms. The van der Waals surface area contributed by atoms with Crippen molar-refractivity contribution in [3.63, 3.8) is 0 Å². The van der Waals surface area contributed by atoms with Crippen LogP contribution in [0.2, 0.25) is 0 Å². The molecule has 1 amide bonds. The quantitative estimate of drug-likeness (QED) is 0.857. The van der Waals surface area contributed by atoms with Crippen molar-refractivity contribution in [1.82, 2.24) is 10.3 Å². The van der Waals surface area contributed by atoms with E-state index in [0.29, 0.717) is 16.9 Å². The van der Waals surface area contributed by atoms with E-state index in [-0.39, 0.29) is 12.5 Å². The van der Waals surface area contributed by atoms with Crippen molar-refractivity contribution in [2.45, 2.75) is 19.4 Å².